The second-order valence-electron chi connectivity index (χ2n) is 10.2. The van der Waals surface area contributed by atoms with Crippen molar-refractivity contribution in [3.8, 4) is 11.5 Å². The lowest BCUT2D eigenvalue weighted by Gasteiger charge is -2.38. The van der Waals surface area contributed by atoms with Crippen LogP contribution in [0.3, 0.4) is 0 Å². The van der Waals surface area contributed by atoms with Gasteiger partial charge in [0.25, 0.3) is 5.91 Å². The first-order valence-corrected chi connectivity index (χ1v) is 13.3. The van der Waals surface area contributed by atoms with E-state index in [2.05, 4.69) is 27.4 Å². The van der Waals surface area contributed by atoms with Crippen LogP contribution in [-0.4, -0.2) is 77.8 Å². The van der Waals surface area contributed by atoms with Gasteiger partial charge in [-0.15, -0.1) is 0 Å². The number of benzene rings is 2. The Balaban J connectivity index is 1.54. The summed E-state index contributed by atoms with van der Waals surface area (Å²) in [7, 11) is 3.61. The lowest BCUT2D eigenvalue weighted by Crippen LogP contribution is -2.49. The van der Waals surface area contributed by atoms with Gasteiger partial charge in [-0.05, 0) is 74.1 Å². The topological polar surface area (TPSA) is 116 Å². The van der Waals surface area contributed by atoms with Crippen LogP contribution >= 0.6 is 0 Å². The molecule has 2 aromatic carbocycles. The summed E-state index contributed by atoms with van der Waals surface area (Å²) in [4.78, 5) is 34.3. The number of hydrogen-bond donors (Lipinski definition) is 3. The summed E-state index contributed by atoms with van der Waals surface area (Å²) in [6.45, 7) is 5.49. The Hall–Kier alpha value is -4.15. The summed E-state index contributed by atoms with van der Waals surface area (Å²) in [5, 5.41) is 15.5. The Bertz CT molecular complexity index is 1290. The maximum atomic E-state index is 13.7. The Morgan fingerprint density at radius 3 is 2.50 bits per heavy atom. The van der Waals surface area contributed by atoms with E-state index in [-0.39, 0.29) is 30.6 Å². The summed E-state index contributed by atoms with van der Waals surface area (Å²) < 4.78 is 11.6. The van der Waals surface area contributed by atoms with Crippen molar-refractivity contribution in [1.82, 2.24) is 14.8 Å². The average Bonchev–Trinajstić information content (AvgIpc) is 2.95. The molecule has 4 rings (SSSR count). The van der Waals surface area contributed by atoms with Crippen LogP contribution in [0, 0.1) is 5.92 Å². The third-order valence-electron chi connectivity index (χ3n) is 6.96. The van der Waals surface area contributed by atoms with Gasteiger partial charge in [0.05, 0.1) is 25.3 Å². The van der Waals surface area contributed by atoms with E-state index in [1.165, 1.54) is 0 Å². The molecule has 3 atom stereocenters. The molecule has 2 heterocycles. The third-order valence-corrected chi connectivity index (χ3v) is 6.96. The number of hydrogen-bond acceptors (Lipinski definition) is 7. The Morgan fingerprint density at radius 1 is 1.15 bits per heavy atom. The molecule has 40 heavy (non-hydrogen) atoms. The van der Waals surface area contributed by atoms with Crippen molar-refractivity contribution in [3.05, 3.63) is 78.1 Å². The zero-order valence-electron chi connectivity index (χ0n) is 23.3. The average molecular weight is 548 g/mol. The Morgan fingerprint density at radius 2 is 1.82 bits per heavy atom. The normalized spacial score (nSPS) is 17.8. The van der Waals surface area contributed by atoms with Crippen molar-refractivity contribution in [1.29, 1.82) is 0 Å². The molecule has 3 aromatic rings. The largest absolute Gasteiger partial charge is 0.497 e. The van der Waals surface area contributed by atoms with Crippen LogP contribution in [0.15, 0.2) is 67.0 Å². The molecule has 0 fully saturated rings. The van der Waals surface area contributed by atoms with Crippen LogP contribution in [0.25, 0.3) is 0 Å². The molecule has 1 aliphatic heterocycles. The van der Waals surface area contributed by atoms with Crippen molar-refractivity contribution in [2.75, 3.05) is 44.5 Å². The van der Waals surface area contributed by atoms with Crippen LogP contribution in [0.2, 0.25) is 0 Å². The van der Waals surface area contributed by atoms with Crippen molar-refractivity contribution in [2.45, 2.75) is 32.5 Å². The SMILES string of the molecule is COc1ccc(NC(=O)Nc2ccc3c(c2)C(=O)N([C@@H](C)CO)C[C@H](C)[C@H](CN(C)Cc2ccncc2)O3)cc1. The lowest BCUT2D eigenvalue weighted by molar-refractivity contribution is 0.0341. The molecule has 1 aliphatic rings. The molecule has 0 radical (unpaired) electrons. The van der Waals surface area contributed by atoms with E-state index in [1.807, 2.05) is 26.1 Å². The number of anilines is 2. The number of aliphatic hydroxyl groups excluding tert-OH is 1. The molecular formula is C30H37N5O5. The Labute approximate surface area is 234 Å². The second-order valence-corrected chi connectivity index (χ2v) is 10.2. The fourth-order valence-corrected chi connectivity index (χ4v) is 4.66. The van der Waals surface area contributed by atoms with Gasteiger partial charge in [0, 0.05) is 49.3 Å². The van der Waals surface area contributed by atoms with Gasteiger partial charge in [0.15, 0.2) is 0 Å². The number of methoxy groups -OCH3 is 1. The first kappa shape index (κ1) is 28.8. The summed E-state index contributed by atoms with van der Waals surface area (Å²) in [5.41, 5.74) is 2.51. The predicted octanol–water partition coefficient (Wildman–Crippen LogP) is 4.09. The van der Waals surface area contributed by atoms with E-state index < -0.39 is 6.03 Å². The molecular weight excluding hydrogens is 510 g/mol. The summed E-state index contributed by atoms with van der Waals surface area (Å²) in [5.74, 6) is 0.865. The van der Waals surface area contributed by atoms with Crippen molar-refractivity contribution < 1.29 is 24.2 Å². The van der Waals surface area contributed by atoms with E-state index >= 15 is 0 Å². The van der Waals surface area contributed by atoms with Gasteiger partial charge < -0.3 is 30.1 Å². The van der Waals surface area contributed by atoms with E-state index in [9.17, 15) is 14.7 Å². The summed E-state index contributed by atoms with van der Waals surface area (Å²) in [6, 6.07) is 15.1. The molecule has 3 N–H and O–H groups in total. The highest BCUT2D eigenvalue weighted by atomic mass is 16.5. The summed E-state index contributed by atoms with van der Waals surface area (Å²) in [6.07, 6.45) is 3.33. The minimum Gasteiger partial charge on any atom is -0.497 e. The van der Waals surface area contributed by atoms with Crippen LogP contribution in [0.4, 0.5) is 16.2 Å². The van der Waals surface area contributed by atoms with Crippen molar-refractivity contribution in [2.24, 2.45) is 5.92 Å². The molecule has 0 unspecified atom stereocenters. The first-order valence-electron chi connectivity index (χ1n) is 13.3. The number of aromatic nitrogens is 1. The quantitative estimate of drug-likeness (QED) is 0.370. The van der Waals surface area contributed by atoms with Crippen LogP contribution in [0.1, 0.15) is 29.8 Å². The van der Waals surface area contributed by atoms with Crippen molar-refractivity contribution in [3.63, 3.8) is 0 Å². The molecule has 0 saturated heterocycles. The smallest absolute Gasteiger partial charge is 0.323 e. The molecule has 0 spiro atoms. The number of urea groups is 1. The van der Waals surface area contributed by atoms with Crippen LogP contribution in [-0.2, 0) is 6.54 Å². The number of likely N-dealkylation sites (N-methyl/N-ethyl adjacent to an activating group) is 1. The minimum absolute atomic E-state index is 0.000865. The predicted molar refractivity (Wildman–Crippen MR) is 154 cm³/mol. The van der Waals surface area contributed by atoms with Crippen molar-refractivity contribution >= 4 is 23.3 Å². The number of pyridine rings is 1. The van der Waals surface area contributed by atoms with Gasteiger partial charge in [-0.3, -0.25) is 14.7 Å². The summed E-state index contributed by atoms with van der Waals surface area (Å²) >= 11 is 0. The highest BCUT2D eigenvalue weighted by Crippen LogP contribution is 2.31. The highest BCUT2D eigenvalue weighted by Gasteiger charge is 2.33. The fourth-order valence-electron chi connectivity index (χ4n) is 4.66. The number of nitrogens with one attached hydrogen (secondary N) is 2. The number of ether oxygens (including phenoxy) is 2. The zero-order chi connectivity index (χ0) is 28.6. The molecule has 0 aliphatic carbocycles. The number of nitrogens with zero attached hydrogens (tertiary/aromatic N) is 3. The van der Waals surface area contributed by atoms with Crippen LogP contribution in [0.5, 0.6) is 11.5 Å². The molecule has 3 amide bonds. The van der Waals surface area contributed by atoms with Gasteiger partial charge in [0.2, 0.25) is 0 Å². The molecule has 10 heteroatoms. The van der Waals surface area contributed by atoms with Crippen LogP contribution < -0.4 is 20.1 Å². The molecule has 212 valence electrons. The van der Waals surface area contributed by atoms with E-state index in [4.69, 9.17) is 9.47 Å². The maximum Gasteiger partial charge on any atom is 0.323 e. The maximum absolute atomic E-state index is 13.7. The standard InChI is InChI=1S/C30H37N5O5/c1-20-16-35(21(2)19-36)29(37)26-15-24(33-30(38)32-23-5-8-25(39-4)9-6-23)7-10-27(26)40-28(20)18-34(3)17-22-11-13-31-14-12-22/h5-15,20-21,28,36H,16-19H2,1-4H3,(H2,32,33,38)/t20-,21-,28-/m0/s1. The first-order chi connectivity index (χ1) is 19.3. The number of fused-ring (bicyclic) bond motifs is 1. The monoisotopic (exact) mass is 547 g/mol. The number of amides is 3. The van der Waals surface area contributed by atoms with Gasteiger partial charge in [0.1, 0.15) is 17.6 Å². The molecule has 10 nitrogen and oxygen atoms in total. The molecule has 0 bridgehead atoms. The highest BCUT2D eigenvalue weighted by molar-refractivity contribution is 6.02. The van der Waals surface area contributed by atoms with Gasteiger partial charge in [-0.1, -0.05) is 6.92 Å². The second kappa shape index (κ2) is 13.3. The lowest BCUT2D eigenvalue weighted by atomic mass is 9.99. The fraction of sp³-hybridized carbons (Fsp3) is 0.367. The van der Waals surface area contributed by atoms with Gasteiger partial charge in [-0.2, -0.15) is 0 Å². The van der Waals surface area contributed by atoms with Gasteiger partial charge >= 0.3 is 6.03 Å². The van der Waals surface area contributed by atoms with E-state index in [0.29, 0.717) is 41.5 Å². The van der Waals surface area contributed by atoms with Gasteiger partial charge in [-0.25, -0.2) is 4.79 Å². The zero-order valence-corrected chi connectivity index (χ0v) is 23.3. The Kier molecular flexibility index (Phi) is 9.57. The van der Waals surface area contributed by atoms with E-state index in [0.717, 1.165) is 12.1 Å². The molecule has 1 aromatic heterocycles. The number of aliphatic hydroxyl groups is 1. The minimum atomic E-state index is -0.450. The van der Waals surface area contributed by atoms with E-state index in [1.54, 1.807) is 66.9 Å². The number of rotatable bonds is 9. The molecule has 0 saturated carbocycles. The number of carbonyl (C=O) groups is 2. The number of carbonyl (C=O) groups excluding carboxylic acids is 2. The third kappa shape index (κ3) is 7.28.